The Balaban J connectivity index is 2.24. The van der Waals surface area contributed by atoms with Crippen molar-refractivity contribution in [1.29, 1.82) is 0 Å². The largest absolute Gasteiger partial charge is 0.364 e. The third-order valence-electron chi connectivity index (χ3n) is 2.39. The maximum atomic E-state index is 4.22. The van der Waals surface area contributed by atoms with E-state index in [1.54, 1.807) is 0 Å². The topological polar surface area (TPSA) is 15.6 Å². The van der Waals surface area contributed by atoms with Crippen LogP contribution in [0.1, 0.15) is 5.56 Å². The molecule has 13 heavy (non-hydrogen) atoms. The molecule has 0 amide bonds. The highest BCUT2D eigenvalue weighted by Crippen LogP contribution is 2.19. The van der Waals surface area contributed by atoms with Gasteiger partial charge < -0.3 is 4.90 Å². The molecule has 2 nitrogen and oxygen atoms in total. The first-order chi connectivity index (χ1) is 6.38. The minimum atomic E-state index is 0.925. The van der Waals surface area contributed by atoms with Gasteiger partial charge in [0.1, 0.15) is 0 Å². The molecule has 0 saturated carbocycles. The van der Waals surface area contributed by atoms with Crippen LogP contribution in [0.25, 0.3) is 0 Å². The standard InChI is InChI=1S/C11H14N2/c1-10-4-2-3-5-11(10)13-8-6-12-7-9-13/h2-6H,7-9H2,1H3. The van der Waals surface area contributed by atoms with Gasteiger partial charge in [-0.2, -0.15) is 0 Å². The van der Waals surface area contributed by atoms with Crippen molar-refractivity contribution in [2.24, 2.45) is 4.99 Å². The molecule has 0 unspecified atom stereocenters. The second-order valence-electron chi connectivity index (χ2n) is 3.32. The average Bonchev–Trinajstić information content (AvgIpc) is 2.20. The molecule has 2 heteroatoms. The summed E-state index contributed by atoms with van der Waals surface area (Å²) in [6.07, 6.45) is 2.00. The molecule has 1 aromatic rings. The van der Waals surface area contributed by atoms with E-state index in [1.807, 2.05) is 6.21 Å². The first kappa shape index (κ1) is 8.30. The van der Waals surface area contributed by atoms with Crippen molar-refractivity contribution in [3.05, 3.63) is 29.8 Å². The van der Waals surface area contributed by atoms with Gasteiger partial charge in [0.15, 0.2) is 0 Å². The number of anilines is 1. The van der Waals surface area contributed by atoms with Crippen molar-refractivity contribution in [1.82, 2.24) is 0 Å². The second-order valence-corrected chi connectivity index (χ2v) is 3.32. The predicted molar refractivity (Wildman–Crippen MR) is 56.8 cm³/mol. The van der Waals surface area contributed by atoms with Gasteiger partial charge in [-0.05, 0) is 18.6 Å². The summed E-state index contributed by atoms with van der Waals surface area (Å²) >= 11 is 0. The van der Waals surface area contributed by atoms with E-state index in [0.29, 0.717) is 0 Å². The number of rotatable bonds is 1. The Kier molecular flexibility index (Phi) is 2.30. The molecule has 1 aliphatic rings. The highest BCUT2D eigenvalue weighted by molar-refractivity contribution is 5.68. The van der Waals surface area contributed by atoms with E-state index in [9.17, 15) is 0 Å². The van der Waals surface area contributed by atoms with Crippen LogP contribution in [0.15, 0.2) is 29.3 Å². The lowest BCUT2D eigenvalue weighted by atomic mass is 10.2. The maximum absolute atomic E-state index is 4.22. The second kappa shape index (κ2) is 3.60. The van der Waals surface area contributed by atoms with Crippen molar-refractivity contribution in [2.75, 3.05) is 24.5 Å². The van der Waals surface area contributed by atoms with Crippen LogP contribution < -0.4 is 4.90 Å². The fraction of sp³-hybridized carbons (Fsp3) is 0.364. The quantitative estimate of drug-likeness (QED) is 0.634. The number of para-hydroxylation sites is 1. The molecule has 1 heterocycles. The lowest BCUT2D eigenvalue weighted by Crippen LogP contribution is -2.31. The molecule has 0 radical (unpaired) electrons. The van der Waals surface area contributed by atoms with E-state index in [2.05, 4.69) is 41.1 Å². The molecule has 0 N–H and O–H groups in total. The minimum absolute atomic E-state index is 0.925. The molecule has 0 atom stereocenters. The Morgan fingerprint density at radius 3 is 2.85 bits per heavy atom. The zero-order chi connectivity index (χ0) is 9.10. The van der Waals surface area contributed by atoms with Crippen LogP contribution in [-0.2, 0) is 0 Å². The zero-order valence-corrected chi connectivity index (χ0v) is 7.90. The summed E-state index contributed by atoms with van der Waals surface area (Å²) in [6, 6.07) is 8.50. The van der Waals surface area contributed by atoms with Crippen LogP contribution in [0, 0.1) is 6.92 Å². The lowest BCUT2D eigenvalue weighted by molar-refractivity contribution is 0.829. The summed E-state index contributed by atoms with van der Waals surface area (Å²) in [5.74, 6) is 0. The van der Waals surface area contributed by atoms with Crippen LogP contribution >= 0.6 is 0 Å². The smallest absolute Gasteiger partial charge is 0.0562 e. The number of aryl methyl sites for hydroxylation is 1. The Hall–Kier alpha value is -1.31. The van der Waals surface area contributed by atoms with Crippen molar-refractivity contribution in [2.45, 2.75) is 6.92 Å². The van der Waals surface area contributed by atoms with Crippen LogP contribution in [0.2, 0.25) is 0 Å². The van der Waals surface area contributed by atoms with Crippen molar-refractivity contribution < 1.29 is 0 Å². The first-order valence-corrected chi connectivity index (χ1v) is 4.67. The minimum Gasteiger partial charge on any atom is -0.364 e. The summed E-state index contributed by atoms with van der Waals surface area (Å²) in [5.41, 5.74) is 2.69. The third-order valence-corrected chi connectivity index (χ3v) is 2.39. The molecule has 1 aromatic carbocycles. The SMILES string of the molecule is Cc1ccccc1N1CC=NCC1. The van der Waals surface area contributed by atoms with E-state index < -0.39 is 0 Å². The lowest BCUT2D eigenvalue weighted by Gasteiger charge is -2.26. The Labute approximate surface area is 78.9 Å². The van der Waals surface area contributed by atoms with Gasteiger partial charge in [0, 0.05) is 18.4 Å². The van der Waals surface area contributed by atoms with Crippen molar-refractivity contribution in [3.8, 4) is 0 Å². The molecule has 68 valence electrons. The number of aliphatic imine (C=N–C) groups is 1. The fourth-order valence-corrected chi connectivity index (χ4v) is 1.65. The summed E-state index contributed by atoms with van der Waals surface area (Å²) in [5, 5.41) is 0. The molecule has 1 aliphatic heterocycles. The van der Waals surface area contributed by atoms with E-state index in [1.165, 1.54) is 11.3 Å². The number of hydrogen-bond donors (Lipinski definition) is 0. The number of benzene rings is 1. The summed E-state index contributed by atoms with van der Waals surface area (Å²) in [6.45, 7) is 5.07. The number of hydrogen-bond acceptors (Lipinski definition) is 2. The van der Waals surface area contributed by atoms with Gasteiger partial charge in [-0.25, -0.2) is 0 Å². The van der Waals surface area contributed by atoms with Gasteiger partial charge in [-0.15, -0.1) is 0 Å². The molecule has 0 fully saturated rings. The zero-order valence-electron chi connectivity index (χ0n) is 7.90. The summed E-state index contributed by atoms with van der Waals surface area (Å²) in [4.78, 5) is 6.58. The maximum Gasteiger partial charge on any atom is 0.0562 e. The van der Waals surface area contributed by atoms with E-state index >= 15 is 0 Å². The van der Waals surface area contributed by atoms with Gasteiger partial charge in [0.05, 0.1) is 13.1 Å². The average molecular weight is 174 g/mol. The highest BCUT2D eigenvalue weighted by atomic mass is 15.2. The summed E-state index contributed by atoms with van der Waals surface area (Å²) < 4.78 is 0. The Morgan fingerprint density at radius 2 is 2.15 bits per heavy atom. The molecular weight excluding hydrogens is 160 g/mol. The molecular formula is C11H14N2. The normalized spacial score (nSPS) is 16.2. The van der Waals surface area contributed by atoms with E-state index in [4.69, 9.17) is 0 Å². The third kappa shape index (κ3) is 1.72. The predicted octanol–water partition coefficient (Wildman–Crippen LogP) is 1.89. The van der Waals surface area contributed by atoms with Crippen LogP contribution in [0.5, 0.6) is 0 Å². The van der Waals surface area contributed by atoms with Gasteiger partial charge in [-0.1, -0.05) is 18.2 Å². The molecule has 2 rings (SSSR count). The van der Waals surface area contributed by atoms with Crippen LogP contribution in [-0.4, -0.2) is 25.8 Å². The Morgan fingerprint density at radius 1 is 1.31 bits per heavy atom. The number of nitrogens with zero attached hydrogens (tertiary/aromatic N) is 2. The van der Waals surface area contributed by atoms with Gasteiger partial charge in [0.25, 0.3) is 0 Å². The van der Waals surface area contributed by atoms with Crippen molar-refractivity contribution in [3.63, 3.8) is 0 Å². The van der Waals surface area contributed by atoms with Crippen LogP contribution in [0.4, 0.5) is 5.69 Å². The monoisotopic (exact) mass is 174 g/mol. The molecule has 0 aromatic heterocycles. The highest BCUT2D eigenvalue weighted by Gasteiger charge is 2.08. The van der Waals surface area contributed by atoms with Gasteiger partial charge in [-0.3, -0.25) is 4.99 Å². The fourth-order valence-electron chi connectivity index (χ4n) is 1.65. The van der Waals surface area contributed by atoms with Gasteiger partial charge in [0.2, 0.25) is 0 Å². The molecule has 0 spiro atoms. The van der Waals surface area contributed by atoms with Crippen LogP contribution in [0.3, 0.4) is 0 Å². The summed E-state index contributed by atoms with van der Waals surface area (Å²) in [7, 11) is 0. The van der Waals surface area contributed by atoms with E-state index in [0.717, 1.165) is 19.6 Å². The Bertz CT molecular complexity index is 318. The van der Waals surface area contributed by atoms with Gasteiger partial charge >= 0.3 is 0 Å². The molecule has 0 saturated heterocycles. The first-order valence-electron chi connectivity index (χ1n) is 4.67. The van der Waals surface area contributed by atoms with E-state index in [-0.39, 0.29) is 0 Å². The molecule has 0 bridgehead atoms. The van der Waals surface area contributed by atoms with Crippen molar-refractivity contribution >= 4 is 11.9 Å². The molecule has 0 aliphatic carbocycles.